The molecule has 0 aliphatic carbocycles. The summed E-state index contributed by atoms with van der Waals surface area (Å²) in [5.41, 5.74) is 0. The Bertz CT molecular complexity index is 185. The predicted molar refractivity (Wildman–Crippen MR) is 36.2 cm³/mol. The summed E-state index contributed by atoms with van der Waals surface area (Å²) in [5.74, 6) is -5.81. The van der Waals surface area contributed by atoms with E-state index >= 15 is 0 Å². The summed E-state index contributed by atoms with van der Waals surface area (Å²) < 4.78 is 71.3. The Hall–Kier alpha value is 0.450. The van der Waals surface area contributed by atoms with Crippen molar-refractivity contribution >= 4 is 34.8 Å². The second-order valence-electron chi connectivity index (χ2n) is 2.00. The first-order chi connectivity index (χ1) is 5.44. The van der Waals surface area contributed by atoms with Crippen molar-refractivity contribution in [2.24, 2.45) is 0 Å². The van der Waals surface area contributed by atoms with Crippen LogP contribution >= 0.6 is 34.8 Å². The van der Waals surface area contributed by atoms with Crippen molar-refractivity contribution < 1.29 is 26.3 Å². The molecule has 0 fully saturated rings. The third-order valence-corrected chi connectivity index (χ3v) is 2.33. The van der Waals surface area contributed by atoms with Gasteiger partial charge in [0.15, 0.2) is 4.84 Å². The minimum atomic E-state index is -6.15. The molecule has 0 aromatic carbocycles. The highest BCUT2D eigenvalue weighted by Gasteiger charge is 2.73. The molecule has 0 bridgehead atoms. The largest absolute Gasteiger partial charge is 0.458 e. The maximum Gasteiger partial charge on any atom is 0.458 e. The number of rotatable bonds is 2. The van der Waals surface area contributed by atoms with Gasteiger partial charge in [0.2, 0.25) is 0 Å². The van der Waals surface area contributed by atoms with Gasteiger partial charge >= 0.3 is 12.1 Å². The van der Waals surface area contributed by atoms with Gasteiger partial charge in [-0.3, -0.25) is 0 Å². The molecule has 0 aliphatic rings. The van der Waals surface area contributed by atoms with E-state index in [0.717, 1.165) is 0 Å². The molecule has 0 amide bonds. The van der Waals surface area contributed by atoms with Gasteiger partial charge in [-0.1, -0.05) is 11.6 Å². The van der Waals surface area contributed by atoms with Gasteiger partial charge in [0, 0.05) is 0 Å². The van der Waals surface area contributed by atoms with Crippen molar-refractivity contribution in [2.45, 2.75) is 22.1 Å². The highest BCUT2D eigenvalue weighted by molar-refractivity contribution is 6.49. The van der Waals surface area contributed by atoms with E-state index in [-0.39, 0.29) is 0 Å². The second kappa shape index (κ2) is 3.55. The second-order valence-corrected chi connectivity index (χ2v) is 3.64. The Balaban J connectivity index is 5.04. The van der Waals surface area contributed by atoms with E-state index in [2.05, 4.69) is 34.8 Å². The smallest absolute Gasteiger partial charge is 0.216 e. The van der Waals surface area contributed by atoms with Crippen LogP contribution in [0.25, 0.3) is 0 Å². The lowest BCUT2D eigenvalue weighted by Gasteiger charge is -2.30. The van der Waals surface area contributed by atoms with Crippen LogP contribution in [-0.2, 0) is 0 Å². The summed E-state index contributed by atoms with van der Waals surface area (Å²) in [6.07, 6.45) is -6.15. The molecule has 0 rings (SSSR count). The van der Waals surface area contributed by atoms with Crippen LogP contribution in [-0.4, -0.2) is 22.1 Å². The average Bonchev–Trinajstić information content (AvgIpc) is 1.84. The van der Waals surface area contributed by atoms with Crippen LogP contribution in [0.1, 0.15) is 0 Å². The van der Waals surface area contributed by atoms with Crippen LogP contribution < -0.4 is 0 Å². The lowest BCUT2D eigenvalue weighted by atomic mass is 10.2. The molecule has 0 heterocycles. The topological polar surface area (TPSA) is 0 Å². The zero-order valence-electron chi connectivity index (χ0n) is 5.48. The van der Waals surface area contributed by atoms with Crippen LogP contribution in [0.2, 0.25) is 0 Å². The third-order valence-electron chi connectivity index (χ3n) is 1.05. The summed E-state index contributed by atoms with van der Waals surface area (Å²) in [6.45, 7) is 0. The van der Waals surface area contributed by atoms with Gasteiger partial charge in [0.25, 0.3) is 5.13 Å². The Morgan fingerprint density at radius 3 is 1.23 bits per heavy atom. The molecule has 0 saturated carbocycles. The van der Waals surface area contributed by atoms with E-state index < -0.39 is 22.1 Å². The minimum absolute atomic E-state index is 2.70. The van der Waals surface area contributed by atoms with Crippen LogP contribution in [0.5, 0.6) is 0 Å². The molecule has 0 N–H and O–H groups in total. The predicted octanol–water partition coefficient (Wildman–Crippen LogP) is 3.89. The van der Waals surface area contributed by atoms with Crippen molar-refractivity contribution in [3.63, 3.8) is 0 Å². The summed E-state index contributed by atoms with van der Waals surface area (Å²) >= 11 is 13.3. The van der Waals surface area contributed by atoms with E-state index in [9.17, 15) is 26.3 Å². The molecule has 13 heavy (non-hydrogen) atoms. The first kappa shape index (κ1) is 13.4. The van der Waals surface area contributed by atoms with Crippen molar-refractivity contribution in [2.75, 3.05) is 0 Å². The van der Waals surface area contributed by atoms with Gasteiger partial charge in [-0.05, 0) is 0 Å². The fourth-order valence-corrected chi connectivity index (χ4v) is 0.707. The van der Waals surface area contributed by atoms with E-state index in [1.165, 1.54) is 0 Å². The van der Waals surface area contributed by atoms with E-state index in [1.807, 2.05) is 0 Å². The normalized spacial score (nSPS) is 18.9. The number of alkyl halides is 9. The maximum atomic E-state index is 12.5. The van der Waals surface area contributed by atoms with Gasteiger partial charge in [-0.25, -0.2) is 4.39 Å². The van der Waals surface area contributed by atoms with Crippen LogP contribution in [0.15, 0.2) is 0 Å². The minimum Gasteiger partial charge on any atom is -0.216 e. The zero-order chi connectivity index (χ0) is 11.1. The van der Waals surface area contributed by atoms with Crippen LogP contribution in [0.3, 0.4) is 0 Å². The molecule has 80 valence electrons. The Kier molecular flexibility index (Phi) is 3.67. The highest BCUT2D eigenvalue weighted by Crippen LogP contribution is 2.51. The molecule has 0 saturated heterocycles. The van der Waals surface area contributed by atoms with Gasteiger partial charge in [0.05, 0.1) is 0 Å². The lowest BCUT2D eigenvalue weighted by molar-refractivity contribution is -0.309. The molecule has 0 nitrogen and oxygen atoms in total. The Labute approximate surface area is 83.7 Å². The molecule has 0 aliphatic heterocycles. The van der Waals surface area contributed by atoms with E-state index in [4.69, 9.17) is 0 Å². The van der Waals surface area contributed by atoms with E-state index in [0.29, 0.717) is 0 Å². The number of hydrogen-bond acceptors (Lipinski definition) is 0. The van der Waals surface area contributed by atoms with Crippen molar-refractivity contribution in [1.82, 2.24) is 0 Å². The molecular formula is C4HCl3F6. The molecule has 1 unspecified atom stereocenters. The molecule has 9 heteroatoms. The first-order valence-corrected chi connectivity index (χ1v) is 3.80. The SMILES string of the molecule is FC(F)(F)C(F)(F)C(F)(Cl)C(Cl)Cl. The average molecular weight is 269 g/mol. The molecule has 1 atom stereocenters. The third kappa shape index (κ3) is 2.27. The molecule has 0 aromatic heterocycles. The standard InChI is InChI=1S/C4HCl3F6/c5-1(6)2(7,8)3(9,10)4(11,12)13/h1H. The summed E-state index contributed by atoms with van der Waals surface area (Å²) in [5, 5.41) is -4.58. The molecule has 0 aromatic rings. The monoisotopic (exact) mass is 268 g/mol. The molecule has 0 radical (unpaired) electrons. The molecule has 0 spiro atoms. The summed E-state index contributed by atoms with van der Waals surface area (Å²) in [6, 6.07) is 0. The zero-order valence-corrected chi connectivity index (χ0v) is 7.75. The lowest BCUT2D eigenvalue weighted by Crippen LogP contribution is -2.54. The van der Waals surface area contributed by atoms with Crippen LogP contribution in [0.4, 0.5) is 26.3 Å². The Morgan fingerprint density at radius 2 is 1.15 bits per heavy atom. The van der Waals surface area contributed by atoms with E-state index in [1.54, 1.807) is 0 Å². The van der Waals surface area contributed by atoms with Gasteiger partial charge in [-0.15, -0.1) is 23.2 Å². The highest BCUT2D eigenvalue weighted by atomic mass is 35.5. The van der Waals surface area contributed by atoms with Crippen molar-refractivity contribution in [1.29, 1.82) is 0 Å². The quantitative estimate of drug-likeness (QED) is 0.527. The number of hydrogen-bond donors (Lipinski definition) is 0. The molecular weight excluding hydrogens is 268 g/mol. The van der Waals surface area contributed by atoms with Crippen molar-refractivity contribution in [3.05, 3.63) is 0 Å². The van der Waals surface area contributed by atoms with Gasteiger partial charge in [0.1, 0.15) is 0 Å². The van der Waals surface area contributed by atoms with Gasteiger partial charge in [-0.2, -0.15) is 22.0 Å². The summed E-state index contributed by atoms with van der Waals surface area (Å²) in [4.78, 5) is -2.70. The fraction of sp³-hybridized carbons (Fsp3) is 1.00. The van der Waals surface area contributed by atoms with Gasteiger partial charge < -0.3 is 0 Å². The number of halogens is 9. The maximum absolute atomic E-state index is 12.5. The summed E-state index contributed by atoms with van der Waals surface area (Å²) in [7, 11) is 0. The van der Waals surface area contributed by atoms with Crippen LogP contribution in [0, 0.1) is 0 Å². The Morgan fingerprint density at radius 1 is 0.846 bits per heavy atom. The first-order valence-electron chi connectivity index (χ1n) is 2.55. The van der Waals surface area contributed by atoms with Crippen molar-refractivity contribution in [3.8, 4) is 0 Å². The fourth-order valence-electron chi connectivity index (χ4n) is 0.326.